The Morgan fingerprint density at radius 2 is 2.00 bits per heavy atom. The van der Waals surface area contributed by atoms with Crippen molar-refractivity contribution in [3.05, 3.63) is 0 Å². The maximum Gasteiger partial charge on any atom is 0.0247 e. The third kappa shape index (κ3) is 1.40. The van der Waals surface area contributed by atoms with Crippen LogP contribution in [0.15, 0.2) is 0 Å². The minimum atomic E-state index is 0.457. The molecule has 0 spiro atoms. The molecule has 13 heavy (non-hydrogen) atoms. The minimum absolute atomic E-state index is 0.457. The Morgan fingerprint density at radius 3 is 2.31 bits per heavy atom. The van der Waals surface area contributed by atoms with Crippen molar-refractivity contribution in [2.45, 2.75) is 45.2 Å². The van der Waals surface area contributed by atoms with Gasteiger partial charge in [-0.05, 0) is 19.8 Å². The highest BCUT2D eigenvalue weighted by molar-refractivity contribution is 5.02. The van der Waals surface area contributed by atoms with Crippen LogP contribution in [0.2, 0.25) is 0 Å². The van der Waals surface area contributed by atoms with Crippen LogP contribution in [0.25, 0.3) is 0 Å². The first-order valence-electron chi connectivity index (χ1n) is 5.68. The monoisotopic (exact) mass is 182 g/mol. The Hall–Kier alpha value is -0.0800. The number of nitrogens with zero attached hydrogens (tertiary/aromatic N) is 1. The molecule has 1 N–H and O–H groups in total. The molecule has 2 fully saturated rings. The van der Waals surface area contributed by atoms with Crippen molar-refractivity contribution in [3.8, 4) is 0 Å². The number of nitrogens with one attached hydrogen (secondary N) is 1. The van der Waals surface area contributed by atoms with Crippen LogP contribution in [0.3, 0.4) is 0 Å². The normalized spacial score (nSPS) is 34.4. The molecule has 0 aromatic heterocycles. The molecule has 2 rings (SSSR count). The Kier molecular flexibility index (Phi) is 2.37. The highest BCUT2D eigenvalue weighted by Gasteiger charge is 2.43. The van der Waals surface area contributed by atoms with Gasteiger partial charge in [-0.15, -0.1) is 0 Å². The van der Waals surface area contributed by atoms with E-state index in [1.807, 2.05) is 0 Å². The van der Waals surface area contributed by atoms with Gasteiger partial charge in [0.1, 0.15) is 0 Å². The molecule has 2 aliphatic heterocycles. The van der Waals surface area contributed by atoms with E-state index in [0.29, 0.717) is 5.54 Å². The molecular weight excluding hydrogens is 160 g/mol. The van der Waals surface area contributed by atoms with Crippen LogP contribution in [0, 0.1) is 5.92 Å². The van der Waals surface area contributed by atoms with Crippen molar-refractivity contribution in [1.29, 1.82) is 0 Å². The molecule has 2 heterocycles. The number of likely N-dealkylation sites (tertiary alicyclic amines) is 1. The summed E-state index contributed by atoms with van der Waals surface area (Å²) < 4.78 is 0. The summed E-state index contributed by atoms with van der Waals surface area (Å²) in [6.07, 6.45) is 2.56. The summed E-state index contributed by atoms with van der Waals surface area (Å²) in [7, 11) is 0. The summed E-state index contributed by atoms with van der Waals surface area (Å²) in [6, 6.07) is 0.817. The maximum absolute atomic E-state index is 3.52. The molecule has 0 aliphatic carbocycles. The lowest BCUT2D eigenvalue weighted by Gasteiger charge is -2.37. The lowest BCUT2D eigenvalue weighted by molar-refractivity contribution is 0.122. The van der Waals surface area contributed by atoms with Crippen LogP contribution < -0.4 is 5.32 Å². The number of hydrogen-bond donors (Lipinski definition) is 1. The van der Waals surface area contributed by atoms with Crippen LogP contribution >= 0.6 is 0 Å². The Balaban J connectivity index is 2.00. The van der Waals surface area contributed by atoms with Crippen LogP contribution in [0.5, 0.6) is 0 Å². The van der Waals surface area contributed by atoms with Gasteiger partial charge in [0.2, 0.25) is 0 Å². The van der Waals surface area contributed by atoms with Gasteiger partial charge in [0.15, 0.2) is 0 Å². The Labute approximate surface area is 81.7 Å². The minimum Gasteiger partial charge on any atom is -0.312 e. The molecule has 2 nitrogen and oxygen atoms in total. The predicted octanol–water partition coefficient (Wildman–Crippen LogP) is 1.47. The van der Waals surface area contributed by atoms with E-state index in [1.54, 1.807) is 0 Å². The van der Waals surface area contributed by atoms with Gasteiger partial charge in [0, 0.05) is 37.1 Å². The molecule has 0 amide bonds. The van der Waals surface area contributed by atoms with E-state index in [2.05, 4.69) is 31.0 Å². The summed E-state index contributed by atoms with van der Waals surface area (Å²) >= 11 is 0. The topological polar surface area (TPSA) is 15.3 Å². The van der Waals surface area contributed by atoms with E-state index in [1.165, 1.54) is 32.5 Å². The van der Waals surface area contributed by atoms with Gasteiger partial charge in [0.05, 0.1) is 0 Å². The van der Waals surface area contributed by atoms with Crippen molar-refractivity contribution >= 4 is 0 Å². The first-order valence-corrected chi connectivity index (χ1v) is 5.68. The number of rotatable bonds is 3. The zero-order valence-corrected chi connectivity index (χ0v) is 9.14. The van der Waals surface area contributed by atoms with Gasteiger partial charge in [-0.3, -0.25) is 4.90 Å². The first kappa shape index (κ1) is 9.47. The summed E-state index contributed by atoms with van der Waals surface area (Å²) in [5, 5.41) is 3.52. The van der Waals surface area contributed by atoms with E-state index in [9.17, 15) is 0 Å². The predicted molar refractivity (Wildman–Crippen MR) is 55.8 cm³/mol. The van der Waals surface area contributed by atoms with Crippen LogP contribution in [-0.4, -0.2) is 36.1 Å². The van der Waals surface area contributed by atoms with E-state index in [4.69, 9.17) is 0 Å². The average Bonchev–Trinajstić information content (AvgIpc) is 2.42. The van der Waals surface area contributed by atoms with Crippen molar-refractivity contribution in [2.75, 3.05) is 19.6 Å². The second kappa shape index (κ2) is 3.25. The molecule has 76 valence electrons. The van der Waals surface area contributed by atoms with E-state index in [-0.39, 0.29) is 0 Å². The highest BCUT2D eigenvalue weighted by atomic mass is 15.3. The summed E-state index contributed by atoms with van der Waals surface area (Å²) in [5.74, 6) is 0.956. The van der Waals surface area contributed by atoms with E-state index < -0.39 is 0 Å². The standard InChI is InChI=1S/C11H22N2/c1-4-11(3,5-2)13-7-9-6-12-10(9)8-13/h9-10,12H,4-8H2,1-3H3. The van der Waals surface area contributed by atoms with Gasteiger partial charge in [0.25, 0.3) is 0 Å². The molecule has 2 aliphatic rings. The molecule has 2 unspecified atom stereocenters. The van der Waals surface area contributed by atoms with Crippen LogP contribution in [0.4, 0.5) is 0 Å². The zero-order valence-electron chi connectivity index (χ0n) is 9.14. The fourth-order valence-electron chi connectivity index (χ4n) is 2.59. The second-order valence-corrected chi connectivity index (χ2v) is 4.88. The molecule has 0 radical (unpaired) electrons. The molecule has 0 aromatic rings. The smallest absolute Gasteiger partial charge is 0.0247 e. The molecular formula is C11H22N2. The molecule has 0 bridgehead atoms. The average molecular weight is 182 g/mol. The third-order valence-electron chi connectivity index (χ3n) is 4.37. The fourth-order valence-corrected chi connectivity index (χ4v) is 2.59. The van der Waals surface area contributed by atoms with Crippen molar-refractivity contribution in [1.82, 2.24) is 10.2 Å². The fraction of sp³-hybridized carbons (Fsp3) is 1.00. The highest BCUT2D eigenvalue weighted by Crippen LogP contribution is 2.32. The molecule has 0 saturated carbocycles. The molecule has 2 saturated heterocycles. The van der Waals surface area contributed by atoms with Crippen LogP contribution in [-0.2, 0) is 0 Å². The Bertz CT molecular complexity index is 175. The molecule has 2 heteroatoms. The number of fused-ring (bicyclic) bond motifs is 1. The second-order valence-electron chi connectivity index (χ2n) is 4.88. The largest absolute Gasteiger partial charge is 0.312 e. The van der Waals surface area contributed by atoms with Gasteiger partial charge in [-0.2, -0.15) is 0 Å². The van der Waals surface area contributed by atoms with Gasteiger partial charge in [-0.25, -0.2) is 0 Å². The lowest BCUT2D eigenvalue weighted by Crippen LogP contribution is -2.52. The van der Waals surface area contributed by atoms with Gasteiger partial charge >= 0.3 is 0 Å². The SMILES string of the molecule is CCC(C)(CC)N1CC2CNC2C1. The molecule has 2 atom stereocenters. The third-order valence-corrected chi connectivity index (χ3v) is 4.37. The lowest BCUT2D eigenvalue weighted by atomic mass is 9.93. The summed E-state index contributed by atoms with van der Waals surface area (Å²) in [4.78, 5) is 2.70. The maximum atomic E-state index is 3.52. The summed E-state index contributed by atoms with van der Waals surface area (Å²) in [6.45, 7) is 10.9. The van der Waals surface area contributed by atoms with Gasteiger partial charge in [-0.1, -0.05) is 13.8 Å². The zero-order chi connectivity index (χ0) is 9.47. The van der Waals surface area contributed by atoms with Gasteiger partial charge < -0.3 is 5.32 Å². The van der Waals surface area contributed by atoms with Crippen LogP contribution in [0.1, 0.15) is 33.6 Å². The molecule has 0 aromatic carbocycles. The summed E-state index contributed by atoms with van der Waals surface area (Å²) in [5.41, 5.74) is 0.457. The van der Waals surface area contributed by atoms with Crippen molar-refractivity contribution in [3.63, 3.8) is 0 Å². The first-order chi connectivity index (χ1) is 6.19. The number of hydrogen-bond acceptors (Lipinski definition) is 2. The van der Waals surface area contributed by atoms with Crippen molar-refractivity contribution in [2.24, 2.45) is 5.92 Å². The van der Waals surface area contributed by atoms with E-state index in [0.717, 1.165) is 12.0 Å². The Morgan fingerprint density at radius 1 is 1.31 bits per heavy atom. The quantitative estimate of drug-likeness (QED) is 0.711. The van der Waals surface area contributed by atoms with E-state index >= 15 is 0 Å². The van der Waals surface area contributed by atoms with Crippen molar-refractivity contribution < 1.29 is 0 Å².